The van der Waals surface area contributed by atoms with Crippen LogP contribution in [0.4, 0.5) is 0 Å². The topological polar surface area (TPSA) is 72.6 Å². The molecule has 6 heteroatoms. The Kier molecular flexibility index (Phi) is 7.83. The maximum atomic E-state index is 10.2. The van der Waals surface area contributed by atoms with Gasteiger partial charge in [-0.05, 0) is 38.5 Å². The van der Waals surface area contributed by atoms with Crippen molar-refractivity contribution in [2.45, 2.75) is 32.7 Å². The summed E-state index contributed by atoms with van der Waals surface area (Å²) in [6, 6.07) is 4.58. The third-order valence-corrected chi connectivity index (χ3v) is 2.69. The average molecular weight is 308 g/mol. The van der Waals surface area contributed by atoms with Gasteiger partial charge in [-0.15, -0.1) is 0 Å². The van der Waals surface area contributed by atoms with Crippen molar-refractivity contribution in [1.82, 2.24) is 0 Å². The number of nitrogens with two attached hydrogens (primary N) is 1. The summed E-state index contributed by atoms with van der Waals surface area (Å²) in [7, 11) is 0. The highest BCUT2D eigenvalue weighted by Gasteiger charge is 2.04. The normalized spacial score (nSPS) is 10.4. The zero-order chi connectivity index (χ0) is 15.1. The first-order chi connectivity index (χ1) is 8.65. The van der Waals surface area contributed by atoms with Gasteiger partial charge in [0.2, 0.25) is 0 Å². The fraction of sp³-hybridized carbons (Fsp3) is 0.462. The summed E-state index contributed by atoms with van der Waals surface area (Å²) in [6.07, 6.45) is 1.05. The Hall–Kier alpha value is -0.970. The number of carboxylic acids is 1. The van der Waals surface area contributed by atoms with Crippen LogP contribution in [0.5, 0.6) is 5.75 Å². The summed E-state index contributed by atoms with van der Waals surface area (Å²) >= 11 is 11.3. The zero-order valence-corrected chi connectivity index (χ0v) is 12.8. The molecule has 1 rings (SSSR count). The molecule has 0 amide bonds. The molecule has 3 N–H and O–H groups in total. The molecule has 1 aromatic carbocycles. The molecule has 0 spiro atoms. The van der Waals surface area contributed by atoms with E-state index in [4.69, 9.17) is 38.8 Å². The maximum absolute atomic E-state index is 10.2. The van der Waals surface area contributed by atoms with Crippen molar-refractivity contribution < 1.29 is 14.6 Å². The van der Waals surface area contributed by atoms with E-state index in [0.717, 1.165) is 6.42 Å². The highest BCUT2D eigenvalue weighted by atomic mass is 35.5. The number of rotatable bonds is 4. The summed E-state index contributed by atoms with van der Waals surface area (Å²) in [5, 5.41) is 9.11. The molecule has 4 nitrogen and oxygen atoms in total. The third-order valence-electron chi connectivity index (χ3n) is 2.16. The zero-order valence-electron chi connectivity index (χ0n) is 11.2. The molecule has 0 aliphatic rings. The monoisotopic (exact) mass is 307 g/mol. The molecule has 0 aromatic heterocycles. The fourth-order valence-corrected chi connectivity index (χ4v) is 1.19. The molecule has 0 heterocycles. The van der Waals surface area contributed by atoms with E-state index < -0.39 is 12.6 Å². The third kappa shape index (κ3) is 9.59. The van der Waals surface area contributed by atoms with Crippen molar-refractivity contribution >= 4 is 29.2 Å². The summed E-state index contributed by atoms with van der Waals surface area (Å²) in [4.78, 5) is 10.2. The van der Waals surface area contributed by atoms with Gasteiger partial charge < -0.3 is 15.6 Å². The Labute approximate surface area is 123 Å². The van der Waals surface area contributed by atoms with Crippen molar-refractivity contribution in [1.29, 1.82) is 0 Å². The van der Waals surface area contributed by atoms with Gasteiger partial charge in [0.1, 0.15) is 5.75 Å². The summed E-state index contributed by atoms with van der Waals surface area (Å²) < 4.78 is 4.86. The minimum absolute atomic E-state index is 0.0417. The van der Waals surface area contributed by atoms with E-state index in [1.54, 1.807) is 6.07 Å². The molecule has 108 valence electrons. The Bertz CT molecular complexity index is 417. The van der Waals surface area contributed by atoms with Crippen LogP contribution in [0.3, 0.4) is 0 Å². The Morgan fingerprint density at radius 3 is 2.32 bits per heavy atom. The lowest BCUT2D eigenvalue weighted by Gasteiger charge is -2.13. The van der Waals surface area contributed by atoms with Crippen LogP contribution in [0.25, 0.3) is 0 Å². The van der Waals surface area contributed by atoms with Gasteiger partial charge in [-0.3, -0.25) is 0 Å². The van der Waals surface area contributed by atoms with E-state index in [0.29, 0.717) is 15.8 Å². The number of carbonyl (C=O) groups is 1. The number of halogens is 2. The molecule has 0 fully saturated rings. The smallest absolute Gasteiger partial charge is 0.341 e. The van der Waals surface area contributed by atoms with Crippen LogP contribution in [-0.4, -0.2) is 23.2 Å². The van der Waals surface area contributed by atoms with Gasteiger partial charge in [-0.1, -0.05) is 30.1 Å². The second-order valence-electron chi connectivity index (χ2n) is 4.60. The molecule has 0 radical (unpaired) electrons. The highest BCUT2D eigenvalue weighted by Crippen LogP contribution is 2.27. The highest BCUT2D eigenvalue weighted by molar-refractivity contribution is 6.35. The fourth-order valence-electron chi connectivity index (χ4n) is 0.732. The lowest BCUT2D eigenvalue weighted by atomic mass is 10.1. The second-order valence-corrected chi connectivity index (χ2v) is 5.44. The SMILES string of the molecule is CCC(C)(C)N.O=C(O)COc1ccc(Cl)cc1Cl. The predicted molar refractivity (Wildman–Crippen MR) is 78.2 cm³/mol. The van der Waals surface area contributed by atoms with Crippen molar-refractivity contribution in [2.75, 3.05) is 6.61 Å². The molecule has 19 heavy (non-hydrogen) atoms. The summed E-state index contributed by atoms with van der Waals surface area (Å²) in [6.45, 7) is 5.71. The van der Waals surface area contributed by atoms with Gasteiger partial charge in [-0.25, -0.2) is 4.79 Å². The van der Waals surface area contributed by atoms with Crippen molar-refractivity contribution in [3.63, 3.8) is 0 Å². The van der Waals surface area contributed by atoms with Gasteiger partial charge in [0.25, 0.3) is 0 Å². The first kappa shape index (κ1) is 18.0. The maximum Gasteiger partial charge on any atom is 0.341 e. The number of benzene rings is 1. The van der Waals surface area contributed by atoms with E-state index in [1.807, 2.05) is 13.8 Å². The quantitative estimate of drug-likeness (QED) is 0.891. The minimum atomic E-state index is -1.05. The van der Waals surface area contributed by atoms with E-state index in [9.17, 15) is 4.79 Å². The van der Waals surface area contributed by atoms with Crippen LogP contribution in [0.2, 0.25) is 10.0 Å². The van der Waals surface area contributed by atoms with Crippen molar-refractivity contribution in [3.8, 4) is 5.75 Å². The van der Waals surface area contributed by atoms with Crippen LogP contribution in [-0.2, 0) is 4.79 Å². The Balaban J connectivity index is 0.000000459. The molecule has 1 aromatic rings. The second kappa shape index (κ2) is 8.25. The lowest BCUT2D eigenvalue weighted by molar-refractivity contribution is -0.139. The van der Waals surface area contributed by atoms with E-state index >= 15 is 0 Å². The molecule has 0 saturated heterocycles. The first-order valence-electron chi connectivity index (χ1n) is 5.74. The Morgan fingerprint density at radius 2 is 1.95 bits per heavy atom. The summed E-state index contributed by atoms with van der Waals surface area (Å²) in [5.74, 6) is -0.737. The number of carboxylic acid groups (broad SMARTS) is 1. The van der Waals surface area contributed by atoms with E-state index in [2.05, 4.69) is 6.92 Å². The van der Waals surface area contributed by atoms with Crippen LogP contribution < -0.4 is 10.5 Å². The molecule has 0 unspecified atom stereocenters. The lowest BCUT2D eigenvalue weighted by Crippen LogP contribution is -2.30. The van der Waals surface area contributed by atoms with E-state index in [-0.39, 0.29) is 5.54 Å². The van der Waals surface area contributed by atoms with Gasteiger partial charge in [-0.2, -0.15) is 0 Å². The largest absolute Gasteiger partial charge is 0.480 e. The summed E-state index contributed by atoms with van der Waals surface area (Å²) in [5.41, 5.74) is 5.58. The number of hydrogen-bond donors (Lipinski definition) is 2. The molecule has 0 saturated carbocycles. The van der Waals surface area contributed by atoms with Gasteiger partial charge in [0.05, 0.1) is 5.02 Å². The molecule has 0 aliphatic heterocycles. The number of ether oxygens (including phenoxy) is 1. The average Bonchev–Trinajstić information content (AvgIpc) is 2.27. The van der Waals surface area contributed by atoms with Crippen molar-refractivity contribution in [3.05, 3.63) is 28.2 Å². The van der Waals surface area contributed by atoms with E-state index in [1.165, 1.54) is 12.1 Å². The Morgan fingerprint density at radius 1 is 1.42 bits per heavy atom. The van der Waals surface area contributed by atoms with Crippen LogP contribution in [0.1, 0.15) is 27.2 Å². The molecular weight excluding hydrogens is 289 g/mol. The number of hydrogen-bond acceptors (Lipinski definition) is 3. The number of aliphatic carboxylic acids is 1. The molecule has 0 atom stereocenters. The molecular formula is C13H19Cl2NO3. The van der Waals surface area contributed by atoms with Gasteiger partial charge in [0, 0.05) is 10.6 Å². The standard InChI is InChI=1S/C8H6Cl2O3.C5H13N/c9-5-1-2-7(6(10)3-5)13-4-8(11)12;1-4-5(2,3)6/h1-3H,4H2,(H,11,12);4,6H2,1-3H3. The molecule has 0 bridgehead atoms. The van der Waals surface area contributed by atoms with Crippen LogP contribution >= 0.6 is 23.2 Å². The van der Waals surface area contributed by atoms with Crippen LogP contribution in [0, 0.1) is 0 Å². The van der Waals surface area contributed by atoms with Crippen molar-refractivity contribution in [2.24, 2.45) is 5.73 Å². The predicted octanol–water partition coefficient (Wildman–Crippen LogP) is 3.59. The molecule has 0 aliphatic carbocycles. The van der Waals surface area contributed by atoms with Crippen LogP contribution in [0.15, 0.2) is 18.2 Å². The minimum Gasteiger partial charge on any atom is -0.480 e. The van der Waals surface area contributed by atoms with Gasteiger partial charge in [0.15, 0.2) is 6.61 Å². The first-order valence-corrected chi connectivity index (χ1v) is 6.50. The van der Waals surface area contributed by atoms with Gasteiger partial charge >= 0.3 is 5.97 Å².